The highest BCUT2D eigenvalue weighted by Gasteiger charge is 2.22. The van der Waals surface area contributed by atoms with Gasteiger partial charge in [0.25, 0.3) is 0 Å². The van der Waals surface area contributed by atoms with Gasteiger partial charge in [0.2, 0.25) is 0 Å². The van der Waals surface area contributed by atoms with Crippen LogP contribution < -0.4 is 4.74 Å². The maximum atomic E-state index is 14.5. The summed E-state index contributed by atoms with van der Waals surface area (Å²) in [4.78, 5) is 0. The van der Waals surface area contributed by atoms with E-state index >= 15 is 0 Å². The molecule has 0 fully saturated rings. The van der Waals surface area contributed by atoms with Crippen LogP contribution in [0.5, 0.6) is 5.75 Å². The minimum Gasteiger partial charge on any atom is -0.496 e. The van der Waals surface area contributed by atoms with Crippen molar-refractivity contribution in [1.29, 1.82) is 0 Å². The van der Waals surface area contributed by atoms with Crippen molar-refractivity contribution in [3.05, 3.63) is 65.5 Å². The van der Waals surface area contributed by atoms with E-state index in [4.69, 9.17) is 4.74 Å². The fraction of sp³-hybridized carbons (Fsp3) is 0.273. The zero-order chi connectivity index (χ0) is 17.5. The van der Waals surface area contributed by atoms with Gasteiger partial charge in [-0.15, -0.1) is 0 Å². The molecular weight excluding hydrogens is 299 g/mol. The largest absolute Gasteiger partial charge is 0.496 e. The summed E-state index contributed by atoms with van der Waals surface area (Å²) >= 11 is 0. The molecule has 24 heavy (non-hydrogen) atoms. The number of aryl methyl sites for hydroxylation is 1. The van der Waals surface area contributed by atoms with Gasteiger partial charge in [0.15, 0.2) is 0 Å². The van der Waals surface area contributed by atoms with Crippen molar-refractivity contribution >= 4 is 10.8 Å². The van der Waals surface area contributed by atoms with E-state index in [1.165, 1.54) is 16.8 Å². The number of ether oxygens (including phenoxy) is 1. The molecule has 0 N–H and O–H groups in total. The summed E-state index contributed by atoms with van der Waals surface area (Å²) in [5.41, 5.74) is 3.60. The monoisotopic (exact) mass is 322 g/mol. The van der Waals surface area contributed by atoms with E-state index in [1.54, 1.807) is 7.11 Å². The molecule has 0 unspecified atom stereocenters. The normalized spacial score (nSPS) is 11.8. The molecule has 0 saturated carbocycles. The Morgan fingerprint density at radius 1 is 0.875 bits per heavy atom. The molecule has 0 aromatic heterocycles. The molecule has 3 aromatic rings. The molecular formula is C22H23FO. The van der Waals surface area contributed by atoms with Gasteiger partial charge in [0.05, 0.1) is 7.11 Å². The van der Waals surface area contributed by atoms with Crippen LogP contribution in [0.15, 0.2) is 48.5 Å². The first kappa shape index (κ1) is 16.5. The van der Waals surface area contributed by atoms with E-state index < -0.39 is 0 Å². The Bertz CT molecular complexity index is 904. The maximum Gasteiger partial charge on any atom is 0.130 e. The third-order valence-corrected chi connectivity index (χ3v) is 4.48. The van der Waals surface area contributed by atoms with E-state index in [0.717, 1.165) is 16.7 Å². The van der Waals surface area contributed by atoms with Crippen molar-refractivity contribution in [1.82, 2.24) is 0 Å². The molecule has 0 aliphatic carbocycles. The van der Waals surface area contributed by atoms with Gasteiger partial charge in [-0.2, -0.15) is 0 Å². The Morgan fingerprint density at radius 2 is 1.50 bits per heavy atom. The summed E-state index contributed by atoms with van der Waals surface area (Å²) in [5, 5.41) is 2.37. The fourth-order valence-corrected chi connectivity index (χ4v) is 3.15. The lowest BCUT2D eigenvalue weighted by Crippen LogP contribution is -2.14. The van der Waals surface area contributed by atoms with Crippen LogP contribution >= 0.6 is 0 Å². The lowest BCUT2D eigenvalue weighted by Gasteiger charge is -2.23. The summed E-state index contributed by atoms with van der Waals surface area (Å²) in [6, 6.07) is 16.0. The molecule has 0 bridgehead atoms. The summed E-state index contributed by atoms with van der Waals surface area (Å²) in [6.07, 6.45) is 0. The van der Waals surface area contributed by atoms with Gasteiger partial charge in [-0.25, -0.2) is 4.39 Å². The summed E-state index contributed by atoms with van der Waals surface area (Å²) in [6.45, 7) is 8.15. The van der Waals surface area contributed by atoms with Crippen molar-refractivity contribution < 1.29 is 9.13 Å². The molecule has 0 aliphatic heterocycles. The third-order valence-electron chi connectivity index (χ3n) is 4.48. The molecule has 0 saturated heterocycles. The van der Waals surface area contributed by atoms with Gasteiger partial charge in [0.1, 0.15) is 11.6 Å². The van der Waals surface area contributed by atoms with Crippen molar-refractivity contribution in [2.24, 2.45) is 0 Å². The fourth-order valence-electron chi connectivity index (χ4n) is 3.15. The van der Waals surface area contributed by atoms with E-state index in [9.17, 15) is 4.39 Å². The number of fused-ring (bicyclic) bond motifs is 1. The maximum absolute atomic E-state index is 14.5. The molecule has 3 aromatic carbocycles. The van der Waals surface area contributed by atoms with E-state index in [-0.39, 0.29) is 11.2 Å². The molecule has 0 amide bonds. The topological polar surface area (TPSA) is 9.23 Å². The molecule has 0 heterocycles. The Morgan fingerprint density at radius 3 is 2.08 bits per heavy atom. The van der Waals surface area contributed by atoms with E-state index in [2.05, 4.69) is 31.2 Å². The number of halogens is 1. The lowest BCUT2D eigenvalue weighted by molar-refractivity contribution is 0.410. The Labute approximate surface area is 143 Å². The van der Waals surface area contributed by atoms with E-state index in [0.29, 0.717) is 11.3 Å². The molecule has 0 aliphatic rings. The van der Waals surface area contributed by atoms with Crippen LogP contribution in [-0.2, 0) is 5.41 Å². The number of hydrogen-bond acceptors (Lipinski definition) is 1. The minimum absolute atomic E-state index is 0.221. The first-order valence-corrected chi connectivity index (χ1v) is 8.19. The van der Waals surface area contributed by atoms with Crippen molar-refractivity contribution in [2.45, 2.75) is 33.1 Å². The van der Waals surface area contributed by atoms with E-state index in [1.807, 2.05) is 39.0 Å². The number of hydrogen-bond donors (Lipinski definition) is 0. The predicted octanol–water partition coefficient (Wildman–Crippen LogP) is 6.26. The number of benzene rings is 3. The van der Waals surface area contributed by atoms with Gasteiger partial charge in [-0.1, -0.05) is 51.1 Å². The second kappa shape index (κ2) is 5.94. The Hall–Kier alpha value is -2.35. The first-order chi connectivity index (χ1) is 11.3. The van der Waals surface area contributed by atoms with Gasteiger partial charge in [-0.05, 0) is 51.9 Å². The second-order valence-corrected chi connectivity index (χ2v) is 7.30. The molecule has 124 valence electrons. The van der Waals surface area contributed by atoms with Crippen LogP contribution in [0.1, 0.15) is 31.9 Å². The van der Waals surface area contributed by atoms with Gasteiger partial charge in [0, 0.05) is 11.6 Å². The van der Waals surface area contributed by atoms with Crippen LogP contribution in [-0.4, -0.2) is 7.11 Å². The highest BCUT2D eigenvalue weighted by Crippen LogP contribution is 2.39. The average molecular weight is 322 g/mol. The zero-order valence-electron chi connectivity index (χ0n) is 14.9. The highest BCUT2D eigenvalue weighted by molar-refractivity contribution is 5.90. The van der Waals surface area contributed by atoms with Gasteiger partial charge >= 0.3 is 0 Å². The minimum atomic E-state index is -0.268. The van der Waals surface area contributed by atoms with Crippen LogP contribution in [0.25, 0.3) is 21.9 Å². The number of methoxy groups -OCH3 is 1. The molecule has 0 radical (unpaired) electrons. The van der Waals surface area contributed by atoms with Crippen LogP contribution in [0, 0.1) is 12.7 Å². The van der Waals surface area contributed by atoms with Crippen LogP contribution in [0.3, 0.4) is 0 Å². The van der Waals surface area contributed by atoms with Crippen molar-refractivity contribution in [3.63, 3.8) is 0 Å². The average Bonchev–Trinajstić information content (AvgIpc) is 2.53. The van der Waals surface area contributed by atoms with Gasteiger partial charge < -0.3 is 4.74 Å². The van der Waals surface area contributed by atoms with Crippen molar-refractivity contribution in [2.75, 3.05) is 7.11 Å². The summed E-state index contributed by atoms with van der Waals surface area (Å²) in [5.74, 6) is 0.348. The second-order valence-electron chi connectivity index (χ2n) is 7.30. The molecule has 0 atom stereocenters. The predicted molar refractivity (Wildman–Crippen MR) is 99.3 cm³/mol. The SMILES string of the molecule is COc1cc(F)c(C(C)(C)C)cc1-c1cc2ccccc2cc1C. The molecule has 2 heteroatoms. The van der Waals surface area contributed by atoms with Crippen LogP contribution in [0.2, 0.25) is 0 Å². The molecule has 1 nitrogen and oxygen atoms in total. The lowest BCUT2D eigenvalue weighted by atomic mass is 9.84. The first-order valence-electron chi connectivity index (χ1n) is 8.19. The Kier molecular flexibility index (Phi) is 4.08. The molecule has 0 spiro atoms. The highest BCUT2D eigenvalue weighted by atomic mass is 19.1. The van der Waals surface area contributed by atoms with Crippen molar-refractivity contribution in [3.8, 4) is 16.9 Å². The van der Waals surface area contributed by atoms with Gasteiger partial charge in [-0.3, -0.25) is 0 Å². The quantitative estimate of drug-likeness (QED) is 0.541. The molecule has 3 rings (SSSR count). The Balaban J connectivity index is 2.30. The smallest absolute Gasteiger partial charge is 0.130 e. The summed E-state index contributed by atoms with van der Waals surface area (Å²) < 4.78 is 20.0. The zero-order valence-corrected chi connectivity index (χ0v) is 14.9. The standard InChI is InChI=1S/C22H23FO/c1-14-10-15-8-6-7-9-16(15)11-17(14)18-12-19(22(2,3)4)20(23)13-21(18)24-5/h6-13H,1-5H3. The number of rotatable bonds is 2. The third kappa shape index (κ3) is 2.89. The van der Waals surface area contributed by atoms with Crippen LogP contribution in [0.4, 0.5) is 4.39 Å². The summed E-state index contributed by atoms with van der Waals surface area (Å²) in [7, 11) is 1.59.